The third kappa shape index (κ3) is 2.59. The number of benzene rings is 2. The maximum Gasteiger partial charge on any atom is 0.335 e. The van der Waals surface area contributed by atoms with Gasteiger partial charge >= 0.3 is 5.97 Å². The van der Waals surface area contributed by atoms with Crippen molar-refractivity contribution < 1.29 is 19.6 Å². The molecule has 1 N–H and O–H groups in total. The van der Waals surface area contributed by atoms with E-state index in [0.29, 0.717) is 16.9 Å². The van der Waals surface area contributed by atoms with E-state index in [9.17, 15) is 14.9 Å². The van der Waals surface area contributed by atoms with Crippen LogP contribution in [-0.2, 0) is 0 Å². The lowest BCUT2D eigenvalue weighted by molar-refractivity contribution is -0.384. The average molecular weight is 273 g/mol. The summed E-state index contributed by atoms with van der Waals surface area (Å²) in [5, 5.41) is 20.0. The lowest BCUT2D eigenvalue weighted by Gasteiger charge is -2.06. The molecule has 0 spiro atoms. The highest BCUT2D eigenvalue weighted by atomic mass is 16.6. The third-order valence-electron chi connectivity index (χ3n) is 2.82. The van der Waals surface area contributed by atoms with Crippen LogP contribution in [0.25, 0.3) is 11.1 Å². The molecule has 0 saturated carbocycles. The Balaban J connectivity index is 2.60. The summed E-state index contributed by atoms with van der Waals surface area (Å²) in [5.74, 6) is -0.635. The van der Waals surface area contributed by atoms with Gasteiger partial charge in [0.25, 0.3) is 5.69 Å². The summed E-state index contributed by atoms with van der Waals surface area (Å²) in [7, 11) is 1.50. The van der Waals surface area contributed by atoms with E-state index in [1.807, 2.05) is 0 Å². The molecule has 0 atom stereocenters. The fourth-order valence-corrected chi connectivity index (χ4v) is 1.85. The lowest BCUT2D eigenvalue weighted by atomic mass is 10.0. The Labute approximate surface area is 114 Å². The molecule has 102 valence electrons. The van der Waals surface area contributed by atoms with Gasteiger partial charge in [-0.15, -0.1) is 0 Å². The molecule has 0 bridgehead atoms. The van der Waals surface area contributed by atoms with Crippen LogP contribution in [0.5, 0.6) is 5.75 Å². The summed E-state index contributed by atoms with van der Waals surface area (Å²) in [6, 6.07) is 10.6. The van der Waals surface area contributed by atoms with Crippen molar-refractivity contribution in [2.45, 2.75) is 0 Å². The van der Waals surface area contributed by atoms with Gasteiger partial charge in [0, 0.05) is 6.07 Å². The summed E-state index contributed by atoms with van der Waals surface area (Å²) < 4.78 is 5.07. The fraction of sp³-hybridized carbons (Fsp3) is 0.0714. The van der Waals surface area contributed by atoms with E-state index in [0.717, 1.165) is 6.07 Å². The van der Waals surface area contributed by atoms with Crippen molar-refractivity contribution >= 4 is 11.7 Å². The number of hydrogen-bond donors (Lipinski definition) is 1. The van der Waals surface area contributed by atoms with E-state index in [4.69, 9.17) is 9.84 Å². The Kier molecular flexibility index (Phi) is 3.65. The van der Waals surface area contributed by atoms with Gasteiger partial charge in [-0.2, -0.15) is 0 Å². The van der Waals surface area contributed by atoms with Crippen LogP contribution >= 0.6 is 0 Å². The van der Waals surface area contributed by atoms with Gasteiger partial charge < -0.3 is 9.84 Å². The zero-order valence-electron chi connectivity index (χ0n) is 10.6. The quantitative estimate of drug-likeness (QED) is 0.683. The average Bonchev–Trinajstić information content (AvgIpc) is 2.46. The zero-order chi connectivity index (χ0) is 14.7. The number of rotatable bonds is 4. The Hall–Kier alpha value is -2.89. The number of hydrogen-bond acceptors (Lipinski definition) is 4. The van der Waals surface area contributed by atoms with E-state index in [1.165, 1.54) is 19.2 Å². The van der Waals surface area contributed by atoms with E-state index >= 15 is 0 Å². The first-order valence-electron chi connectivity index (χ1n) is 5.69. The van der Waals surface area contributed by atoms with Crippen molar-refractivity contribution in [3.8, 4) is 16.9 Å². The van der Waals surface area contributed by atoms with Crippen LogP contribution in [0, 0.1) is 10.1 Å². The van der Waals surface area contributed by atoms with Crippen molar-refractivity contribution in [3.63, 3.8) is 0 Å². The second-order valence-electron chi connectivity index (χ2n) is 4.03. The normalized spacial score (nSPS) is 10.1. The number of carboxylic acids is 1. The summed E-state index contributed by atoms with van der Waals surface area (Å²) in [6.07, 6.45) is 0. The van der Waals surface area contributed by atoms with Crippen molar-refractivity contribution in [1.29, 1.82) is 0 Å². The molecule has 2 aromatic rings. The SMILES string of the molecule is COc1cccc(-c2ccc(C(=O)O)cc2[N+](=O)[O-])c1. The third-order valence-corrected chi connectivity index (χ3v) is 2.82. The number of ether oxygens (including phenoxy) is 1. The van der Waals surface area contributed by atoms with E-state index < -0.39 is 10.9 Å². The van der Waals surface area contributed by atoms with Gasteiger partial charge in [-0.05, 0) is 29.8 Å². The molecular weight excluding hydrogens is 262 g/mol. The number of nitro benzene ring substituents is 1. The number of aromatic carboxylic acids is 1. The van der Waals surface area contributed by atoms with E-state index in [1.54, 1.807) is 24.3 Å². The van der Waals surface area contributed by atoms with Gasteiger partial charge in [0.05, 0.1) is 23.2 Å². The van der Waals surface area contributed by atoms with Gasteiger partial charge in [0.15, 0.2) is 0 Å². The molecule has 0 fully saturated rings. The monoisotopic (exact) mass is 273 g/mol. The summed E-state index contributed by atoms with van der Waals surface area (Å²) in [5.41, 5.74) is 0.563. The molecule has 0 heterocycles. The van der Waals surface area contributed by atoms with Gasteiger partial charge in [-0.3, -0.25) is 10.1 Å². The molecule has 2 rings (SSSR count). The molecule has 0 amide bonds. The van der Waals surface area contributed by atoms with Crippen molar-refractivity contribution in [1.82, 2.24) is 0 Å². The molecule has 0 radical (unpaired) electrons. The first kappa shape index (κ1) is 13.5. The van der Waals surface area contributed by atoms with Gasteiger partial charge in [0.1, 0.15) is 5.75 Å². The Morgan fingerprint density at radius 3 is 2.60 bits per heavy atom. The molecule has 6 heteroatoms. The number of carboxylic acid groups (broad SMARTS) is 1. The molecule has 0 aliphatic carbocycles. The van der Waals surface area contributed by atoms with Gasteiger partial charge in [0.2, 0.25) is 0 Å². The molecule has 0 aliphatic heterocycles. The van der Waals surface area contributed by atoms with Crippen molar-refractivity contribution in [3.05, 3.63) is 58.1 Å². The molecule has 0 saturated heterocycles. The molecular formula is C14H11NO5. The zero-order valence-corrected chi connectivity index (χ0v) is 10.6. The summed E-state index contributed by atoms with van der Waals surface area (Å²) >= 11 is 0. The maximum absolute atomic E-state index is 11.1. The second kappa shape index (κ2) is 5.40. The highest BCUT2D eigenvalue weighted by molar-refractivity contribution is 5.90. The molecule has 6 nitrogen and oxygen atoms in total. The molecule has 20 heavy (non-hydrogen) atoms. The molecule has 0 aromatic heterocycles. The largest absolute Gasteiger partial charge is 0.497 e. The van der Waals surface area contributed by atoms with Crippen LogP contribution in [0.15, 0.2) is 42.5 Å². The second-order valence-corrected chi connectivity index (χ2v) is 4.03. The topological polar surface area (TPSA) is 89.7 Å². The Morgan fingerprint density at radius 1 is 1.25 bits per heavy atom. The highest BCUT2D eigenvalue weighted by Crippen LogP contribution is 2.32. The standard InChI is InChI=1S/C14H11NO5/c1-20-11-4-2-3-9(7-11)12-6-5-10(14(16)17)8-13(12)15(18)19/h2-8H,1H3,(H,16,17). The summed E-state index contributed by atoms with van der Waals surface area (Å²) in [4.78, 5) is 21.4. The first-order chi connectivity index (χ1) is 9.52. The van der Waals surface area contributed by atoms with Gasteiger partial charge in [-0.1, -0.05) is 12.1 Å². The molecule has 0 aliphatic rings. The van der Waals surface area contributed by atoms with Crippen molar-refractivity contribution in [2.24, 2.45) is 0 Å². The van der Waals surface area contributed by atoms with E-state index in [2.05, 4.69) is 0 Å². The van der Waals surface area contributed by atoms with Crippen LogP contribution < -0.4 is 4.74 Å². The molecule has 2 aromatic carbocycles. The minimum atomic E-state index is -1.20. The van der Waals surface area contributed by atoms with E-state index in [-0.39, 0.29) is 11.3 Å². The Morgan fingerprint density at radius 2 is 2.00 bits per heavy atom. The smallest absolute Gasteiger partial charge is 0.335 e. The van der Waals surface area contributed by atoms with Gasteiger partial charge in [-0.25, -0.2) is 4.79 Å². The van der Waals surface area contributed by atoms with Crippen LogP contribution in [0.3, 0.4) is 0 Å². The highest BCUT2D eigenvalue weighted by Gasteiger charge is 2.18. The Bertz CT molecular complexity index is 681. The van der Waals surface area contributed by atoms with Crippen LogP contribution in [0.2, 0.25) is 0 Å². The number of nitro groups is 1. The first-order valence-corrected chi connectivity index (χ1v) is 5.69. The van der Waals surface area contributed by atoms with Crippen LogP contribution in [0.4, 0.5) is 5.69 Å². The molecule has 0 unspecified atom stereocenters. The van der Waals surface area contributed by atoms with Crippen LogP contribution in [0.1, 0.15) is 10.4 Å². The fourth-order valence-electron chi connectivity index (χ4n) is 1.85. The number of nitrogens with zero attached hydrogens (tertiary/aromatic N) is 1. The minimum absolute atomic E-state index is 0.122. The number of methoxy groups -OCH3 is 1. The van der Waals surface area contributed by atoms with Crippen molar-refractivity contribution in [2.75, 3.05) is 7.11 Å². The predicted octanol–water partition coefficient (Wildman–Crippen LogP) is 2.97. The minimum Gasteiger partial charge on any atom is -0.497 e. The maximum atomic E-state index is 11.1. The predicted molar refractivity (Wildman–Crippen MR) is 72.0 cm³/mol. The summed E-state index contributed by atoms with van der Waals surface area (Å²) in [6.45, 7) is 0. The van der Waals surface area contributed by atoms with Crippen LogP contribution in [-0.4, -0.2) is 23.1 Å². The number of carbonyl (C=O) groups is 1. The lowest BCUT2D eigenvalue weighted by Crippen LogP contribution is -1.99.